The molecule has 2 amide bonds. The number of halogens is 3. The molecule has 5 rings (SSSR count). The van der Waals surface area contributed by atoms with Crippen molar-refractivity contribution in [3.63, 3.8) is 0 Å². The molecule has 2 N–H and O–H groups in total. The minimum absolute atomic E-state index is 0.0204. The fourth-order valence-electron chi connectivity index (χ4n) is 4.33. The summed E-state index contributed by atoms with van der Waals surface area (Å²) in [6, 6.07) is 14.2. The first-order valence-corrected chi connectivity index (χ1v) is 13.5. The summed E-state index contributed by atoms with van der Waals surface area (Å²) >= 11 is 0. The summed E-state index contributed by atoms with van der Waals surface area (Å²) in [5.74, 6) is -0.680. The molecule has 0 saturated carbocycles. The summed E-state index contributed by atoms with van der Waals surface area (Å²) in [5, 5.41) is 13.5. The molecule has 4 aromatic rings. The summed E-state index contributed by atoms with van der Waals surface area (Å²) < 4.78 is 46.1. The van der Waals surface area contributed by atoms with Gasteiger partial charge in [0.25, 0.3) is 5.91 Å². The Morgan fingerprint density at radius 1 is 0.977 bits per heavy atom. The Balaban J connectivity index is 1.13. The van der Waals surface area contributed by atoms with Gasteiger partial charge in [-0.25, -0.2) is 4.98 Å². The first kappa shape index (κ1) is 29.6. The smallest absolute Gasteiger partial charge is 0.379 e. The first-order chi connectivity index (χ1) is 20.7. The lowest BCUT2D eigenvalue weighted by Crippen LogP contribution is -2.38. The van der Waals surface area contributed by atoms with Crippen molar-refractivity contribution in [1.29, 1.82) is 0 Å². The normalized spacial score (nSPS) is 14.1. The summed E-state index contributed by atoms with van der Waals surface area (Å²) in [4.78, 5) is 31.7. The van der Waals surface area contributed by atoms with E-state index < -0.39 is 23.6 Å². The quantitative estimate of drug-likeness (QED) is 0.274. The number of aromatic nitrogens is 4. The highest BCUT2D eigenvalue weighted by atomic mass is 19.4. The number of carbonyl (C=O) groups is 2. The number of ether oxygens (including phenoxy) is 1. The third-order valence-corrected chi connectivity index (χ3v) is 6.62. The van der Waals surface area contributed by atoms with Crippen molar-refractivity contribution >= 4 is 29.4 Å². The maximum Gasteiger partial charge on any atom is 0.416 e. The van der Waals surface area contributed by atoms with Crippen molar-refractivity contribution in [1.82, 2.24) is 24.9 Å². The number of carbonyl (C=O) groups excluding carboxylic acids is 2. The molecule has 1 aliphatic heterocycles. The second kappa shape index (κ2) is 13.4. The van der Waals surface area contributed by atoms with Gasteiger partial charge in [-0.15, -0.1) is 5.10 Å². The SMILES string of the molecule is O=C(/C=C/c1cccc(C(=O)Nc2cccc(C(F)(F)F)c2)c1)Nc1ccc(-c2cn(CCN3CCOCC3)nn2)cn1. The average Bonchev–Trinajstić information content (AvgIpc) is 3.49. The van der Waals surface area contributed by atoms with Gasteiger partial charge in [-0.1, -0.05) is 23.4 Å². The molecule has 222 valence electrons. The molecule has 0 unspecified atom stereocenters. The van der Waals surface area contributed by atoms with Crippen LogP contribution in [0.25, 0.3) is 17.3 Å². The zero-order valence-electron chi connectivity index (χ0n) is 22.9. The molecule has 13 heteroatoms. The topological polar surface area (TPSA) is 114 Å². The molecule has 0 aliphatic carbocycles. The van der Waals surface area contributed by atoms with Gasteiger partial charge in [0.05, 0.1) is 31.5 Å². The van der Waals surface area contributed by atoms with E-state index in [1.165, 1.54) is 36.4 Å². The summed E-state index contributed by atoms with van der Waals surface area (Å²) in [6.45, 7) is 4.87. The average molecular weight is 592 g/mol. The van der Waals surface area contributed by atoms with Crippen molar-refractivity contribution in [2.24, 2.45) is 0 Å². The van der Waals surface area contributed by atoms with Gasteiger partial charge in [0.1, 0.15) is 11.5 Å². The van der Waals surface area contributed by atoms with Gasteiger partial charge < -0.3 is 15.4 Å². The van der Waals surface area contributed by atoms with E-state index in [1.54, 1.807) is 35.1 Å². The highest BCUT2D eigenvalue weighted by Gasteiger charge is 2.30. The van der Waals surface area contributed by atoms with Crippen molar-refractivity contribution in [2.45, 2.75) is 12.7 Å². The molecule has 43 heavy (non-hydrogen) atoms. The zero-order chi connectivity index (χ0) is 30.2. The van der Waals surface area contributed by atoms with Gasteiger partial charge in [0, 0.05) is 48.7 Å². The van der Waals surface area contributed by atoms with Crippen LogP contribution in [0.4, 0.5) is 24.7 Å². The summed E-state index contributed by atoms with van der Waals surface area (Å²) in [6.07, 6.45) is 1.74. The van der Waals surface area contributed by atoms with Gasteiger partial charge >= 0.3 is 6.18 Å². The van der Waals surface area contributed by atoms with E-state index in [0.29, 0.717) is 23.6 Å². The van der Waals surface area contributed by atoms with Crippen LogP contribution in [0.5, 0.6) is 0 Å². The van der Waals surface area contributed by atoms with Gasteiger partial charge in [0.2, 0.25) is 5.91 Å². The zero-order valence-corrected chi connectivity index (χ0v) is 22.9. The van der Waals surface area contributed by atoms with Crippen LogP contribution in [-0.2, 0) is 22.3 Å². The Kier molecular flexibility index (Phi) is 9.23. The molecule has 0 bridgehead atoms. The van der Waals surface area contributed by atoms with E-state index >= 15 is 0 Å². The van der Waals surface area contributed by atoms with Gasteiger partial charge in [-0.05, 0) is 54.1 Å². The van der Waals surface area contributed by atoms with Crippen LogP contribution in [0.2, 0.25) is 0 Å². The van der Waals surface area contributed by atoms with Crippen LogP contribution in [0.1, 0.15) is 21.5 Å². The third kappa shape index (κ3) is 8.33. The number of nitrogens with one attached hydrogen (secondary N) is 2. The monoisotopic (exact) mass is 591 g/mol. The second-order valence-electron chi connectivity index (χ2n) is 9.73. The fraction of sp³-hybridized carbons (Fsp3) is 0.233. The lowest BCUT2D eigenvalue weighted by molar-refractivity contribution is -0.137. The number of anilines is 2. The van der Waals surface area contributed by atoms with Crippen LogP contribution in [0.15, 0.2) is 79.1 Å². The number of pyridine rings is 1. The minimum Gasteiger partial charge on any atom is -0.379 e. The maximum absolute atomic E-state index is 13.0. The summed E-state index contributed by atoms with van der Waals surface area (Å²) in [5.41, 5.74) is 1.35. The first-order valence-electron chi connectivity index (χ1n) is 13.5. The number of benzene rings is 2. The third-order valence-electron chi connectivity index (χ3n) is 6.62. The van der Waals surface area contributed by atoms with Crippen LogP contribution in [0.3, 0.4) is 0 Å². The van der Waals surface area contributed by atoms with Crippen molar-refractivity contribution in [2.75, 3.05) is 43.5 Å². The number of morpholine rings is 1. The van der Waals surface area contributed by atoms with Crippen LogP contribution < -0.4 is 10.6 Å². The molecule has 0 atom stereocenters. The van der Waals surface area contributed by atoms with Crippen molar-refractivity contribution in [3.05, 3.63) is 95.8 Å². The molecule has 0 spiro atoms. The number of alkyl halides is 3. The number of nitrogens with zero attached hydrogens (tertiary/aromatic N) is 5. The Morgan fingerprint density at radius 2 is 1.79 bits per heavy atom. The molecule has 2 aromatic carbocycles. The predicted octanol–water partition coefficient (Wildman–Crippen LogP) is 4.60. The van der Waals surface area contributed by atoms with Gasteiger partial charge in [-0.3, -0.25) is 19.2 Å². The van der Waals surface area contributed by atoms with Crippen LogP contribution in [0, 0.1) is 0 Å². The standard InChI is InChI=1S/C30H28F3N7O3/c31-30(32,33)24-5-2-6-25(18-24)35-29(42)22-4-1-3-21(17-22)7-10-28(41)36-27-9-8-23(19-34-27)26-20-40(38-37-26)12-11-39-13-15-43-16-14-39/h1-10,17-20H,11-16H2,(H,35,42)(H,34,36,41)/b10-7+. The number of amides is 2. The van der Waals surface area contributed by atoms with E-state index in [2.05, 4.69) is 30.8 Å². The van der Waals surface area contributed by atoms with E-state index in [-0.39, 0.29) is 11.3 Å². The van der Waals surface area contributed by atoms with E-state index in [9.17, 15) is 22.8 Å². The highest BCUT2D eigenvalue weighted by Crippen LogP contribution is 2.30. The summed E-state index contributed by atoms with van der Waals surface area (Å²) in [7, 11) is 0. The predicted molar refractivity (Wildman–Crippen MR) is 154 cm³/mol. The molecule has 1 aliphatic rings. The highest BCUT2D eigenvalue weighted by molar-refractivity contribution is 6.05. The molecule has 1 fully saturated rings. The van der Waals surface area contributed by atoms with Crippen molar-refractivity contribution in [3.8, 4) is 11.3 Å². The van der Waals surface area contributed by atoms with Gasteiger partial charge in [-0.2, -0.15) is 13.2 Å². The van der Waals surface area contributed by atoms with Crippen LogP contribution >= 0.6 is 0 Å². The molecule has 0 radical (unpaired) electrons. The van der Waals surface area contributed by atoms with Gasteiger partial charge in [0.15, 0.2) is 0 Å². The lowest BCUT2D eigenvalue weighted by atomic mass is 10.1. The molecule has 1 saturated heterocycles. The van der Waals surface area contributed by atoms with Crippen LogP contribution in [-0.4, -0.2) is 69.5 Å². The maximum atomic E-state index is 13.0. The Bertz CT molecular complexity index is 1600. The van der Waals surface area contributed by atoms with Crippen molar-refractivity contribution < 1.29 is 27.5 Å². The molecule has 3 heterocycles. The Morgan fingerprint density at radius 3 is 2.56 bits per heavy atom. The molecule has 10 nitrogen and oxygen atoms in total. The largest absolute Gasteiger partial charge is 0.416 e. The number of rotatable bonds is 9. The Hall–Kier alpha value is -4.88. The Labute approximate surface area is 245 Å². The number of hydrogen-bond donors (Lipinski definition) is 2. The number of hydrogen-bond acceptors (Lipinski definition) is 7. The van der Waals surface area contributed by atoms with E-state index in [1.807, 2.05) is 6.20 Å². The molecular formula is C30H28F3N7O3. The fourth-order valence-corrected chi connectivity index (χ4v) is 4.33. The minimum atomic E-state index is -4.52. The molecular weight excluding hydrogens is 563 g/mol. The second-order valence-corrected chi connectivity index (χ2v) is 9.73. The van der Waals surface area contributed by atoms with E-state index in [4.69, 9.17) is 4.74 Å². The molecule has 2 aromatic heterocycles. The van der Waals surface area contributed by atoms with E-state index in [0.717, 1.165) is 50.5 Å². The lowest BCUT2D eigenvalue weighted by Gasteiger charge is -2.26.